The zero-order chi connectivity index (χ0) is 20.4. The van der Waals surface area contributed by atoms with Gasteiger partial charge in [0.2, 0.25) is 11.8 Å². The monoisotopic (exact) mass is 384 g/mol. The first-order valence-corrected chi connectivity index (χ1v) is 9.20. The van der Waals surface area contributed by atoms with Crippen LogP contribution in [0.4, 0.5) is 0 Å². The molecular weight excluding hydrogens is 360 g/mol. The molecule has 7 nitrogen and oxygen atoms in total. The third-order valence-corrected chi connectivity index (χ3v) is 5.23. The first kappa shape index (κ1) is 19.7. The predicted molar refractivity (Wildman–Crippen MR) is 102 cm³/mol. The lowest BCUT2D eigenvalue weighted by molar-refractivity contribution is -0.135. The molecule has 2 heterocycles. The van der Waals surface area contributed by atoms with E-state index in [0.29, 0.717) is 18.1 Å². The molecule has 148 valence electrons. The Balaban J connectivity index is 1.65. The number of nitrogens with zero attached hydrogens (tertiary/aromatic N) is 2. The Morgan fingerprint density at radius 2 is 2.00 bits per heavy atom. The fourth-order valence-electron chi connectivity index (χ4n) is 3.64. The first-order chi connectivity index (χ1) is 13.3. The number of aromatic carboxylic acids is 1. The fraction of sp³-hybridized carbons (Fsp3) is 0.381. The van der Waals surface area contributed by atoms with Crippen molar-refractivity contribution in [1.29, 1.82) is 0 Å². The molecule has 0 aliphatic carbocycles. The molecule has 2 aromatic rings. The van der Waals surface area contributed by atoms with Crippen LogP contribution in [-0.4, -0.2) is 46.3 Å². The van der Waals surface area contributed by atoms with Crippen LogP contribution in [-0.2, 0) is 16.1 Å². The van der Waals surface area contributed by atoms with Crippen molar-refractivity contribution in [2.75, 3.05) is 13.6 Å². The summed E-state index contributed by atoms with van der Waals surface area (Å²) in [6.45, 7) is 4.07. The van der Waals surface area contributed by atoms with Crippen LogP contribution in [0.15, 0.2) is 40.8 Å². The SMILES string of the molecule is Cc1oc(CN(C)C(=O)[C@H]2CC(=O)N([C@H](C)c3ccccc3)C2)cc1C(=O)O. The maximum atomic E-state index is 12.8. The summed E-state index contributed by atoms with van der Waals surface area (Å²) in [7, 11) is 1.63. The highest BCUT2D eigenvalue weighted by Gasteiger charge is 2.38. The number of carbonyl (C=O) groups is 3. The quantitative estimate of drug-likeness (QED) is 0.827. The molecule has 0 saturated carbocycles. The van der Waals surface area contributed by atoms with Crippen molar-refractivity contribution in [3.8, 4) is 0 Å². The van der Waals surface area contributed by atoms with Gasteiger partial charge in [0, 0.05) is 20.0 Å². The van der Waals surface area contributed by atoms with Gasteiger partial charge in [0.05, 0.1) is 18.5 Å². The third-order valence-electron chi connectivity index (χ3n) is 5.23. The first-order valence-electron chi connectivity index (χ1n) is 9.20. The van der Waals surface area contributed by atoms with E-state index in [9.17, 15) is 14.4 Å². The topological polar surface area (TPSA) is 91.1 Å². The van der Waals surface area contributed by atoms with Crippen LogP contribution in [0.25, 0.3) is 0 Å². The van der Waals surface area contributed by atoms with Crippen LogP contribution in [0, 0.1) is 12.8 Å². The largest absolute Gasteiger partial charge is 0.478 e. The van der Waals surface area contributed by atoms with Gasteiger partial charge in [0.1, 0.15) is 17.1 Å². The lowest BCUT2D eigenvalue weighted by Crippen LogP contribution is -2.34. The van der Waals surface area contributed by atoms with Gasteiger partial charge in [-0.2, -0.15) is 0 Å². The van der Waals surface area contributed by atoms with Crippen molar-refractivity contribution in [2.24, 2.45) is 5.92 Å². The van der Waals surface area contributed by atoms with Crippen molar-refractivity contribution in [2.45, 2.75) is 32.9 Å². The number of carboxylic acid groups (broad SMARTS) is 1. The van der Waals surface area contributed by atoms with E-state index in [0.717, 1.165) is 5.56 Å². The molecule has 2 amide bonds. The minimum Gasteiger partial charge on any atom is -0.478 e. The number of benzene rings is 1. The Morgan fingerprint density at radius 1 is 1.32 bits per heavy atom. The number of aryl methyl sites for hydroxylation is 1. The molecule has 2 atom stereocenters. The second kappa shape index (κ2) is 7.88. The summed E-state index contributed by atoms with van der Waals surface area (Å²) >= 11 is 0. The summed E-state index contributed by atoms with van der Waals surface area (Å²) in [6.07, 6.45) is 0.178. The summed E-state index contributed by atoms with van der Waals surface area (Å²) in [5.41, 5.74) is 1.12. The Bertz CT molecular complexity index is 889. The van der Waals surface area contributed by atoms with Gasteiger partial charge >= 0.3 is 5.97 Å². The van der Waals surface area contributed by atoms with Crippen LogP contribution in [0.2, 0.25) is 0 Å². The zero-order valence-corrected chi connectivity index (χ0v) is 16.2. The van der Waals surface area contributed by atoms with E-state index in [-0.39, 0.29) is 36.4 Å². The Morgan fingerprint density at radius 3 is 2.61 bits per heavy atom. The van der Waals surface area contributed by atoms with Crippen molar-refractivity contribution in [1.82, 2.24) is 9.80 Å². The van der Waals surface area contributed by atoms with Gasteiger partial charge < -0.3 is 19.3 Å². The van der Waals surface area contributed by atoms with Crippen LogP contribution >= 0.6 is 0 Å². The number of carboxylic acids is 1. The van der Waals surface area contributed by atoms with E-state index >= 15 is 0 Å². The maximum absolute atomic E-state index is 12.8. The van der Waals surface area contributed by atoms with Gasteiger partial charge in [0.15, 0.2) is 0 Å². The summed E-state index contributed by atoms with van der Waals surface area (Å²) in [6, 6.07) is 11.1. The van der Waals surface area contributed by atoms with E-state index in [1.165, 1.54) is 11.0 Å². The van der Waals surface area contributed by atoms with E-state index in [1.54, 1.807) is 18.9 Å². The molecule has 3 rings (SSSR count). The van der Waals surface area contributed by atoms with Crippen molar-refractivity contribution in [3.63, 3.8) is 0 Å². The predicted octanol–water partition coefficient (Wildman–Crippen LogP) is 2.85. The standard InChI is InChI=1S/C21H24N2O5/c1-13(15-7-5-4-6-8-15)23-11-16(9-19(23)24)20(25)22(3)12-17-10-18(21(26)27)14(2)28-17/h4-8,10,13,16H,9,11-12H2,1-3H3,(H,26,27)/t13-,16+/m1/s1. The van der Waals surface area contributed by atoms with E-state index < -0.39 is 11.9 Å². The lowest BCUT2D eigenvalue weighted by Gasteiger charge is -2.26. The smallest absolute Gasteiger partial charge is 0.339 e. The average molecular weight is 384 g/mol. The number of hydrogen-bond donors (Lipinski definition) is 1. The number of carbonyl (C=O) groups excluding carboxylic acids is 2. The minimum absolute atomic E-state index is 0.0369. The second-order valence-electron chi connectivity index (χ2n) is 7.22. The van der Waals surface area contributed by atoms with E-state index in [2.05, 4.69) is 0 Å². The molecule has 1 aromatic carbocycles. The molecule has 7 heteroatoms. The molecule has 0 spiro atoms. The zero-order valence-electron chi connectivity index (χ0n) is 16.2. The highest BCUT2D eigenvalue weighted by Crippen LogP contribution is 2.29. The molecule has 0 unspecified atom stereocenters. The van der Waals surface area contributed by atoms with Gasteiger partial charge in [-0.15, -0.1) is 0 Å². The second-order valence-corrected chi connectivity index (χ2v) is 7.22. The molecule has 0 bridgehead atoms. The molecule has 1 saturated heterocycles. The van der Waals surface area contributed by atoms with Gasteiger partial charge in [-0.3, -0.25) is 9.59 Å². The number of rotatable bonds is 6. The number of furan rings is 1. The lowest BCUT2D eigenvalue weighted by atomic mass is 10.1. The Kier molecular flexibility index (Phi) is 5.53. The van der Waals surface area contributed by atoms with Crippen LogP contribution in [0.1, 0.15) is 46.8 Å². The molecule has 1 fully saturated rings. The summed E-state index contributed by atoms with van der Waals surface area (Å²) in [5, 5.41) is 9.12. The van der Waals surface area contributed by atoms with Gasteiger partial charge in [-0.05, 0) is 25.5 Å². The molecular formula is C21H24N2O5. The minimum atomic E-state index is -1.06. The van der Waals surface area contributed by atoms with Gasteiger partial charge in [-0.25, -0.2) is 4.79 Å². The molecule has 28 heavy (non-hydrogen) atoms. The average Bonchev–Trinajstić information content (AvgIpc) is 3.23. The van der Waals surface area contributed by atoms with Crippen LogP contribution in [0.3, 0.4) is 0 Å². The van der Waals surface area contributed by atoms with Crippen LogP contribution in [0.5, 0.6) is 0 Å². The summed E-state index contributed by atoms with van der Waals surface area (Å²) < 4.78 is 5.45. The number of hydrogen-bond acceptors (Lipinski definition) is 4. The van der Waals surface area contributed by atoms with E-state index in [1.807, 2.05) is 37.3 Å². The fourth-order valence-corrected chi connectivity index (χ4v) is 3.64. The molecule has 1 aliphatic heterocycles. The maximum Gasteiger partial charge on any atom is 0.339 e. The highest BCUT2D eigenvalue weighted by molar-refractivity contribution is 5.90. The summed E-state index contributed by atoms with van der Waals surface area (Å²) in [5.74, 6) is -0.953. The Hall–Kier alpha value is -3.09. The highest BCUT2D eigenvalue weighted by atomic mass is 16.4. The van der Waals surface area contributed by atoms with E-state index in [4.69, 9.17) is 9.52 Å². The van der Waals surface area contributed by atoms with Crippen molar-refractivity contribution in [3.05, 3.63) is 59.0 Å². The summed E-state index contributed by atoms with van der Waals surface area (Å²) in [4.78, 5) is 39.7. The number of amides is 2. The Labute approximate surface area is 163 Å². The van der Waals surface area contributed by atoms with Gasteiger partial charge in [0.25, 0.3) is 0 Å². The van der Waals surface area contributed by atoms with Crippen LogP contribution < -0.4 is 0 Å². The molecule has 1 aromatic heterocycles. The molecule has 0 radical (unpaired) electrons. The third kappa shape index (κ3) is 3.93. The van der Waals surface area contributed by atoms with Gasteiger partial charge in [-0.1, -0.05) is 30.3 Å². The number of likely N-dealkylation sites (tertiary alicyclic amines) is 1. The normalized spacial score (nSPS) is 17.6. The molecule has 1 aliphatic rings. The molecule has 1 N–H and O–H groups in total. The van der Waals surface area contributed by atoms with Crippen molar-refractivity contribution >= 4 is 17.8 Å². The van der Waals surface area contributed by atoms with Crippen molar-refractivity contribution < 1.29 is 23.9 Å².